The molecule has 0 aliphatic heterocycles. The Morgan fingerprint density at radius 2 is 1.45 bits per heavy atom. The minimum absolute atomic E-state index is 0.339. The van der Waals surface area contributed by atoms with Gasteiger partial charge in [0, 0.05) is 6.07 Å². The highest BCUT2D eigenvalue weighted by Crippen LogP contribution is 2.24. The molecule has 106 valence electrons. The van der Waals surface area contributed by atoms with Crippen LogP contribution in [0.25, 0.3) is 0 Å². The molecule has 0 aromatic heterocycles. The highest BCUT2D eigenvalue weighted by molar-refractivity contribution is 5.32. The molecule has 0 bridgehead atoms. The Balaban J connectivity index is 2.38. The van der Waals surface area contributed by atoms with E-state index < -0.39 is 11.6 Å². The molecule has 20 heavy (non-hydrogen) atoms. The zero-order valence-electron chi connectivity index (χ0n) is 11.2. The van der Waals surface area contributed by atoms with Crippen LogP contribution in [0.1, 0.15) is 30.5 Å². The Kier molecular flexibility index (Phi) is 4.79. The van der Waals surface area contributed by atoms with Gasteiger partial charge in [0.05, 0.1) is 6.04 Å². The van der Waals surface area contributed by atoms with Crippen molar-refractivity contribution in [3.63, 3.8) is 0 Å². The van der Waals surface area contributed by atoms with E-state index in [-0.39, 0.29) is 11.9 Å². The minimum Gasteiger partial charge on any atom is -0.306 e. The van der Waals surface area contributed by atoms with Crippen LogP contribution in [0.5, 0.6) is 0 Å². The summed E-state index contributed by atoms with van der Waals surface area (Å²) in [6.45, 7) is 2.70. The molecule has 0 aliphatic rings. The summed E-state index contributed by atoms with van der Waals surface area (Å²) in [5.74, 6) is -1.58. The minimum atomic E-state index is -0.620. The normalized spacial score (nSPS) is 12.4. The first-order valence-electron chi connectivity index (χ1n) is 6.55. The molecular formula is C16H16F3N. The van der Waals surface area contributed by atoms with Crippen molar-refractivity contribution in [3.8, 4) is 0 Å². The Morgan fingerprint density at radius 1 is 0.850 bits per heavy atom. The Morgan fingerprint density at radius 3 is 2.00 bits per heavy atom. The van der Waals surface area contributed by atoms with E-state index in [0.29, 0.717) is 12.1 Å². The molecule has 0 saturated heterocycles. The van der Waals surface area contributed by atoms with Crippen LogP contribution in [0.15, 0.2) is 42.5 Å². The Hall–Kier alpha value is -1.81. The van der Waals surface area contributed by atoms with Crippen LogP contribution in [0.4, 0.5) is 13.2 Å². The number of halogens is 3. The van der Waals surface area contributed by atoms with Gasteiger partial charge < -0.3 is 5.32 Å². The van der Waals surface area contributed by atoms with Gasteiger partial charge in [-0.3, -0.25) is 0 Å². The van der Waals surface area contributed by atoms with Crippen molar-refractivity contribution in [2.24, 2.45) is 0 Å². The van der Waals surface area contributed by atoms with Crippen LogP contribution in [-0.4, -0.2) is 6.54 Å². The molecule has 0 heterocycles. The van der Waals surface area contributed by atoms with Gasteiger partial charge in [-0.05, 0) is 48.4 Å². The highest BCUT2D eigenvalue weighted by atomic mass is 19.1. The van der Waals surface area contributed by atoms with E-state index in [0.717, 1.165) is 18.1 Å². The van der Waals surface area contributed by atoms with Gasteiger partial charge in [0.25, 0.3) is 0 Å². The van der Waals surface area contributed by atoms with E-state index in [4.69, 9.17) is 0 Å². The number of benzene rings is 2. The topological polar surface area (TPSA) is 12.0 Å². The molecule has 2 rings (SSSR count). The lowest BCUT2D eigenvalue weighted by atomic mass is 9.98. The van der Waals surface area contributed by atoms with Gasteiger partial charge in [-0.1, -0.05) is 19.1 Å². The first-order chi connectivity index (χ1) is 9.60. The third-order valence-corrected chi connectivity index (χ3v) is 3.02. The van der Waals surface area contributed by atoms with E-state index in [1.165, 1.54) is 24.3 Å². The van der Waals surface area contributed by atoms with E-state index in [9.17, 15) is 13.2 Å². The van der Waals surface area contributed by atoms with Gasteiger partial charge in [0.15, 0.2) is 0 Å². The summed E-state index contributed by atoms with van der Waals surface area (Å²) in [5, 5.41) is 3.22. The highest BCUT2D eigenvalue weighted by Gasteiger charge is 2.15. The SMILES string of the molecule is CCCNC(c1ccc(F)cc1)c1cc(F)cc(F)c1. The fourth-order valence-electron chi connectivity index (χ4n) is 2.11. The van der Waals surface area contributed by atoms with Crippen molar-refractivity contribution >= 4 is 0 Å². The number of hydrogen-bond acceptors (Lipinski definition) is 1. The molecule has 1 nitrogen and oxygen atoms in total. The van der Waals surface area contributed by atoms with Crippen molar-refractivity contribution in [1.82, 2.24) is 5.32 Å². The van der Waals surface area contributed by atoms with Gasteiger partial charge >= 0.3 is 0 Å². The van der Waals surface area contributed by atoms with E-state index in [1.807, 2.05) is 6.92 Å². The summed E-state index contributed by atoms with van der Waals surface area (Å²) in [4.78, 5) is 0. The summed E-state index contributed by atoms with van der Waals surface area (Å²) < 4.78 is 39.7. The van der Waals surface area contributed by atoms with Crippen molar-refractivity contribution in [3.05, 3.63) is 71.0 Å². The third kappa shape index (κ3) is 3.61. The first kappa shape index (κ1) is 14.6. The zero-order valence-corrected chi connectivity index (χ0v) is 11.2. The molecule has 1 unspecified atom stereocenters. The van der Waals surface area contributed by atoms with Crippen molar-refractivity contribution in [1.29, 1.82) is 0 Å². The summed E-state index contributed by atoms with van der Waals surface area (Å²) in [7, 11) is 0. The van der Waals surface area contributed by atoms with Crippen molar-refractivity contribution < 1.29 is 13.2 Å². The number of nitrogens with one attached hydrogen (secondary N) is 1. The molecule has 2 aromatic rings. The van der Waals surface area contributed by atoms with Crippen molar-refractivity contribution in [2.45, 2.75) is 19.4 Å². The third-order valence-electron chi connectivity index (χ3n) is 3.02. The lowest BCUT2D eigenvalue weighted by Gasteiger charge is -2.20. The summed E-state index contributed by atoms with van der Waals surface area (Å²) in [6.07, 6.45) is 0.884. The van der Waals surface area contributed by atoms with Crippen LogP contribution in [0, 0.1) is 17.5 Å². The zero-order chi connectivity index (χ0) is 14.5. The van der Waals surface area contributed by atoms with E-state index in [1.54, 1.807) is 12.1 Å². The van der Waals surface area contributed by atoms with Gasteiger partial charge in [-0.2, -0.15) is 0 Å². The average molecular weight is 279 g/mol. The maximum absolute atomic E-state index is 13.4. The van der Waals surface area contributed by atoms with Crippen LogP contribution < -0.4 is 5.32 Å². The van der Waals surface area contributed by atoms with Gasteiger partial charge in [-0.15, -0.1) is 0 Å². The van der Waals surface area contributed by atoms with Gasteiger partial charge in [0.1, 0.15) is 17.5 Å². The fraction of sp³-hybridized carbons (Fsp3) is 0.250. The van der Waals surface area contributed by atoms with Crippen molar-refractivity contribution in [2.75, 3.05) is 6.54 Å². The fourth-order valence-corrected chi connectivity index (χ4v) is 2.11. The van der Waals surface area contributed by atoms with Gasteiger partial charge in [0.2, 0.25) is 0 Å². The predicted molar refractivity (Wildman–Crippen MR) is 72.9 cm³/mol. The monoisotopic (exact) mass is 279 g/mol. The molecule has 0 fully saturated rings. The second-order valence-corrected chi connectivity index (χ2v) is 4.64. The molecule has 0 amide bonds. The Bertz CT molecular complexity index is 546. The molecule has 1 atom stereocenters. The smallest absolute Gasteiger partial charge is 0.126 e. The largest absolute Gasteiger partial charge is 0.306 e. The van der Waals surface area contributed by atoms with E-state index in [2.05, 4.69) is 5.32 Å². The van der Waals surface area contributed by atoms with E-state index >= 15 is 0 Å². The van der Waals surface area contributed by atoms with Crippen LogP contribution >= 0.6 is 0 Å². The second-order valence-electron chi connectivity index (χ2n) is 4.64. The summed E-state index contributed by atoms with van der Waals surface area (Å²) in [5.41, 5.74) is 1.26. The first-order valence-corrected chi connectivity index (χ1v) is 6.55. The summed E-state index contributed by atoms with van der Waals surface area (Å²) in [6, 6.07) is 8.97. The molecule has 2 aromatic carbocycles. The Labute approximate surface area is 116 Å². The maximum Gasteiger partial charge on any atom is 0.126 e. The van der Waals surface area contributed by atoms with Crippen LogP contribution in [0.3, 0.4) is 0 Å². The standard InChI is InChI=1S/C16H16F3N/c1-2-7-20-16(11-3-5-13(17)6-4-11)12-8-14(18)10-15(19)9-12/h3-6,8-10,16,20H,2,7H2,1H3. The molecular weight excluding hydrogens is 263 g/mol. The molecule has 0 radical (unpaired) electrons. The molecule has 0 aliphatic carbocycles. The molecule has 4 heteroatoms. The quantitative estimate of drug-likeness (QED) is 0.865. The van der Waals surface area contributed by atoms with Gasteiger partial charge in [-0.25, -0.2) is 13.2 Å². The molecule has 0 saturated carbocycles. The molecule has 1 N–H and O–H groups in total. The van der Waals surface area contributed by atoms with Crippen LogP contribution in [-0.2, 0) is 0 Å². The average Bonchev–Trinajstić information content (AvgIpc) is 2.40. The molecule has 0 spiro atoms. The second kappa shape index (κ2) is 6.57. The lowest BCUT2D eigenvalue weighted by molar-refractivity contribution is 0.557. The summed E-state index contributed by atoms with van der Waals surface area (Å²) >= 11 is 0. The lowest BCUT2D eigenvalue weighted by Crippen LogP contribution is -2.23. The number of rotatable bonds is 5. The number of hydrogen-bond donors (Lipinski definition) is 1. The maximum atomic E-state index is 13.4. The van der Waals surface area contributed by atoms with Crippen LogP contribution in [0.2, 0.25) is 0 Å². The predicted octanol–water partition coefficient (Wildman–Crippen LogP) is 4.19.